The molecule has 3 rings (SSSR count). The van der Waals surface area contributed by atoms with Crippen LogP contribution in [0.4, 0.5) is 13.2 Å². The molecule has 1 N–H and O–H groups in total. The summed E-state index contributed by atoms with van der Waals surface area (Å²) >= 11 is 0. The molecule has 0 atom stereocenters. The first-order valence-electron chi connectivity index (χ1n) is 7.57. The van der Waals surface area contributed by atoms with Crippen LogP contribution in [0.25, 0.3) is 5.69 Å². The van der Waals surface area contributed by atoms with E-state index in [1.807, 2.05) is 0 Å². The average Bonchev–Trinajstić information content (AvgIpc) is 2.98. The predicted molar refractivity (Wildman–Crippen MR) is 82.4 cm³/mol. The number of carboxylic acids is 1. The Morgan fingerprint density at radius 1 is 1.31 bits per heavy atom. The van der Waals surface area contributed by atoms with Crippen LogP contribution in [0.5, 0.6) is 5.75 Å². The highest BCUT2D eigenvalue weighted by atomic mass is 19.4. The zero-order valence-electron chi connectivity index (χ0n) is 13.6. The summed E-state index contributed by atoms with van der Waals surface area (Å²) in [6.45, 7) is -0.705. The van der Waals surface area contributed by atoms with E-state index >= 15 is 0 Å². The van der Waals surface area contributed by atoms with Gasteiger partial charge in [-0.2, -0.15) is 18.3 Å². The van der Waals surface area contributed by atoms with Gasteiger partial charge in [-0.1, -0.05) is 0 Å². The largest absolute Gasteiger partial charge is 0.497 e. The van der Waals surface area contributed by atoms with Crippen molar-refractivity contribution in [2.45, 2.75) is 12.6 Å². The van der Waals surface area contributed by atoms with Gasteiger partial charge in [-0.25, -0.2) is 4.68 Å². The molecule has 2 heterocycles. The Bertz CT molecular complexity index is 859. The molecule has 26 heavy (non-hydrogen) atoms. The van der Waals surface area contributed by atoms with E-state index in [1.54, 1.807) is 0 Å². The molecule has 1 aliphatic heterocycles. The van der Waals surface area contributed by atoms with Crippen molar-refractivity contribution in [1.82, 2.24) is 14.7 Å². The van der Waals surface area contributed by atoms with Crippen molar-refractivity contribution in [3.8, 4) is 11.4 Å². The molecule has 1 aromatic heterocycles. The number of halogens is 3. The summed E-state index contributed by atoms with van der Waals surface area (Å²) in [5.74, 6) is -1.55. The van der Waals surface area contributed by atoms with E-state index in [-0.39, 0.29) is 29.9 Å². The zero-order chi connectivity index (χ0) is 19.1. The molecule has 1 amide bonds. The highest BCUT2D eigenvalue weighted by Gasteiger charge is 2.43. The molecule has 0 fully saturated rings. The van der Waals surface area contributed by atoms with Gasteiger partial charge in [-0.3, -0.25) is 9.59 Å². The number of benzene rings is 1. The Balaban J connectivity index is 2.14. The van der Waals surface area contributed by atoms with Crippen molar-refractivity contribution in [3.63, 3.8) is 0 Å². The summed E-state index contributed by atoms with van der Waals surface area (Å²) in [7, 11) is 1.44. The predicted octanol–water partition coefficient (Wildman–Crippen LogP) is 1.98. The minimum atomic E-state index is -4.73. The molecule has 138 valence electrons. The number of nitrogens with zero attached hydrogens (tertiary/aromatic N) is 3. The first kappa shape index (κ1) is 17.8. The van der Waals surface area contributed by atoms with Gasteiger partial charge in [0.1, 0.15) is 18.0 Å². The fourth-order valence-electron chi connectivity index (χ4n) is 2.86. The zero-order valence-corrected chi connectivity index (χ0v) is 13.6. The molecule has 0 aliphatic carbocycles. The minimum Gasteiger partial charge on any atom is -0.497 e. The molecule has 7 nitrogen and oxygen atoms in total. The molecular formula is C16H14F3N3O4. The number of rotatable bonds is 4. The van der Waals surface area contributed by atoms with Crippen molar-refractivity contribution in [1.29, 1.82) is 0 Å². The van der Waals surface area contributed by atoms with E-state index < -0.39 is 30.3 Å². The van der Waals surface area contributed by atoms with Gasteiger partial charge < -0.3 is 14.7 Å². The lowest BCUT2D eigenvalue weighted by atomic mass is 10.0. The standard InChI is InChI=1S/C16H14F3N3O4/c1-26-10-4-2-9(3-5-10)22-13-11(14(20-22)16(17,18)19)6-7-21(15(13)25)8-12(23)24/h2-5H,6-8H2,1H3,(H,23,24). The maximum atomic E-state index is 13.3. The van der Waals surface area contributed by atoms with Gasteiger partial charge in [0.05, 0.1) is 12.8 Å². The van der Waals surface area contributed by atoms with Crippen LogP contribution in [0.3, 0.4) is 0 Å². The number of amides is 1. The molecular weight excluding hydrogens is 355 g/mol. The summed E-state index contributed by atoms with van der Waals surface area (Å²) < 4.78 is 45.9. The lowest BCUT2D eigenvalue weighted by molar-refractivity contribution is -0.142. The van der Waals surface area contributed by atoms with Crippen LogP contribution in [0.2, 0.25) is 0 Å². The molecule has 0 saturated carbocycles. The lowest BCUT2D eigenvalue weighted by Crippen LogP contribution is -2.41. The number of carbonyl (C=O) groups excluding carboxylic acids is 1. The Kier molecular flexibility index (Phi) is 4.34. The molecule has 0 unspecified atom stereocenters. The quantitative estimate of drug-likeness (QED) is 0.891. The van der Waals surface area contributed by atoms with E-state index in [0.717, 1.165) is 9.58 Å². The topological polar surface area (TPSA) is 84.7 Å². The molecule has 0 spiro atoms. The number of hydrogen-bond donors (Lipinski definition) is 1. The van der Waals surface area contributed by atoms with Crippen molar-refractivity contribution < 1.29 is 32.6 Å². The molecule has 1 aromatic carbocycles. The van der Waals surface area contributed by atoms with Crippen molar-refractivity contribution in [2.24, 2.45) is 0 Å². The maximum Gasteiger partial charge on any atom is 0.435 e. The molecule has 2 aromatic rings. The third kappa shape index (κ3) is 3.09. The Morgan fingerprint density at radius 3 is 2.50 bits per heavy atom. The number of ether oxygens (including phenoxy) is 1. The van der Waals surface area contributed by atoms with Gasteiger partial charge in [0.2, 0.25) is 0 Å². The first-order chi connectivity index (χ1) is 12.2. The SMILES string of the molecule is COc1ccc(-n2nc(C(F)(F)F)c3c2C(=O)N(CC(=O)O)CC3)cc1. The normalized spacial score (nSPS) is 14.3. The fourth-order valence-corrected chi connectivity index (χ4v) is 2.86. The van der Waals surface area contributed by atoms with Crippen molar-refractivity contribution in [3.05, 3.63) is 41.2 Å². The summed E-state index contributed by atoms with van der Waals surface area (Å²) in [4.78, 5) is 24.5. The maximum absolute atomic E-state index is 13.3. The number of alkyl halides is 3. The molecule has 1 aliphatic rings. The van der Waals surface area contributed by atoms with Gasteiger partial charge in [-0.05, 0) is 30.7 Å². The summed E-state index contributed by atoms with van der Waals surface area (Å²) in [6, 6.07) is 5.99. The number of methoxy groups -OCH3 is 1. The Morgan fingerprint density at radius 2 is 1.96 bits per heavy atom. The summed E-state index contributed by atoms with van der Waals surface area (Å²) in [5, 5.41) is 12.5. The number of aromatic nitrogens is 2. The van der Waals surface area contributed by atoms with Gasteiger partial charge in [-0.15, -0.1) is 0 Å². The lowest BCUT2D eigenvalue weighted by Gasteiger charge is -2.26. The van der Waals surface area contributed by atoms with Crippen LogP contribution in [0, 0.1) is 0 Å². The smallest absolute Gasteiger partial charge is 0.435 e. The van der Waals surface area contributed by atoms with Crippen molar-refractivity contribution >= 4 is 11.9 Å². The van der Waals surface area contributed by atoms with Crippen LogP contribution in [-0.4, -0.2) is 51.9 Å². The molecule has 10 heteroatoms. The average molecular weight is 369 g/mol. The van der Waals surface area contributed by atoms with E-state index in [1.165, 1.54) is 31.4 Å². The third-order valence-electron chi connectivity index (χ3n) is 4.02. The van der Waals surface area contributed by atoms with Crippen LogP contribution in [0.15, 0.2) is 24.3 Å². The molecule has 0 bridgehead atoms. The molecule has 0 saturated heterocycles. The Labute approximate surface area is 145 Å². The number of carboxylic acid groups (broad SMARTS) is 1. The van der Waals surface area contributed by atoms with Crippen LogP contribution in [-0.2, 0) is 17.4 Å². The van der Waals surface area contributed by atoms with E-state index in [4.69, 9.17) is 9.84 Å². The Hall–Kier alpha value is -3.04. The third-order valence-corrected chi connectivity index (χ3v) is 4.02. The minimum absolute atomic E-state index is 0.116. The van der Waals surface area contributed by atoms with E-state index in [0.29, 0.717) is 5.75 Å². The highest BCUT2D eigenvalue weighted by Crippen LogP contribution is 2.36. The van der Waals surface area contributed by atoms with Crippen LogP contribution in [0.1, 0.15) is 21.7 Å². The highest BCUT2D eigenvalue weighted by molar-refractivity contribution is 5.97. The summed E-state index contributed by atoms with van der Waals surface area (Å²) in [5.41, 5.74) is -1.38. The van der Waals surface area contributed by atoms with Crippen LogP contribution < -0.4 is 4.74 Å². The monoisotopic (exact) mass is 369 g/mol. The second-order valence-electron chi connectivity index (χ2n) is 5.65. The van der Waals surface area contributed by atoms with Gasteiger partial charge in [0, 0.05) is 12.1 Å². The van der Waals surface area contributed by atoms with Gasteiger partial charge in [0.25, 0.3) is 5.91 Å². The van der Waals surface area contributed by atoms with Crippen LogP contribution >= 0.6 is 0 Å². The van der Waals surface area contributed by atoms with Crippen molar-refractivity contribution in [2.75, 3.05) is 20.2 Å². The second kappa shape index (κ2) is 6.36. The number of carbonyl (C=O) groups is 2. The van der Waals surface area contributed by atoms with Gasteiger partial charge in [0.15, 0.2) is 5.69 Å². The van der Waals surface area contributed by atoms with E-state index in [2.05, 4.69) is 5.10 Å². The van der Waals surface area contributed by atoms with E-state index in [9.17, 15) is 22.8 Å². The number of aliphatic carboxylic acids is 1. The van der Waals surface area contributed by atoms with Gasteiger partial charge >= 0.3 is 12.1 Å². The number of fused-ring (bicyclic) bond motifs is 1. The molecule has 0 radical (unpaired) electrons. The fraction of sp³-hybridized carbons (Fsp3) is 0.312. The first-order valence-corrected chi connectivity index (χ1v) is 7.57. The number of hydrogen-bond acceptors (Lipinski definition) is 4. The second-order valence-corrected chi connectivity index (χ2v) is 5.65. The summed E-state index contributed by atoms with van der Waals surface area (Å²) in [6.07, 6.45) is -4.85.